The highest BCUT2D eigenvalue weighted by Crippen LogP contribution is 2.46. The first kappa shape index (κ1) is 14.4. The van der Waals surface area contributed by atoms with E-state index in [4.69, 9.17) is 5.11 Å². The molecule has 0 spiro atoms. The van der Waals surface area contributed by atoms with Crippen LogP contribution in [0.2, 0.25) is 0 Å². The van der Waals surface area contributed by atoms with E-state index in [0.29, 0.717) is 0 Å². The van der Waals surface area contributed by atoms with Crippen LogP contribution in [-0.4, -0.2) is 36.0 Å². The molecule has 0 aliphatic carbocycles. The smallest absolute Gasteiger partial charge is 0.391 e. The van der Waals surface area contributed by atoms with Crippen molar-refractivity contribution in [1.29, 1.82) is 0 Å². The van der Waals surface area contributed by atoms with Gasteiger partial charge in [0.2, 0.25) is 0 Å². The first-order chi connectivity index (χ1) is 6.42. The van der Waals surface area contributed by atoms with Gasteiger partial charge in [-0.3, -0.25) is 0 Å². The third kappa shape index (κ3) is 3.20. The Labute approximate surface area is 79.6 Å². The van der Waals surface area contributed by atoms with E-state index in [2.05, 4.69) is 4.74 Å². The van der Waals surface area contributed by atoms with Crippen molar-refractivity contribution in [2.24, 2.45) is 0 Å². The number of alkyl halides is 7. The standard InChI is InChI=1S/C6H7F7O2/c1-3(14)2-15-4(7,5(8,9)10)6(11,12)13/h3,14H,2H2,1H3. The van der Waals surface area contributed by atoms with E-state index in [1.165, 1.54) is 0 Å². The minimum absolute atomic E-state index is 0.854. The van der Waals surface area contributed by atoms with E-state index in [0.717, 1.165) is 6.92 Å². The Kier molecular flexibility index (Phi) is 3.97. The van der Waals surface area contributed by atoms with Crippen LogP contribution in [0.5, 0.6) is 0 Å². The average Bonchev–Trinajstić information content (AvgIpc) is 1.95. The van der Waals surface area contributed by atoms with Gasteiger partial charge in [0.25, 0.3) is 0 Å². The number of aliphatic hydroxyl groups is 1. The second-order valence-corrected chi connectivity index (χ2v) is 2.75. The molecule has 1 unspecified atom stereocenters. The molecule has 9 heteroatoms. The van der Waals surface area contributed by atoms with Gasteiger partial charge < -0.3 is 9.84 Å². The molecule has 0 aliphatic heterocycles. The van der Waals surface area contributed by atoms with Gasteiger partial charge in [-0.15, -0.1) is 0 Å². The fraction of sp³-hybridized carbons (Fsp3) is 1.00. The Morgan fingerprint density at radius 2 is 1.33 bits per heavy atom. The quantitative estimate of drug-likeness (QED) is 0.771. The Morgan fingerprint density at radius 1 is 1.00 bits per heavy atom. The Morgan fingerprint density at radius 3 is 1.53 bits per heavy atom. The van der Waals surface area contributed by atoms with E-state index >= 15 is 0 Å². The van der Waals surface area contributed by atoms with Crippen LogP contribution >= 0.6 is 0 Å². The maximum Gasteiger partial charge on any atom is 0.458 e. The van der Waals surface area contributed by atoms with E-state index in [-0.39, 0.29) is 0 Å². The molecule has 0 aromatic heterocycles. The molecule has 0 bridgehead atoms. The zero-order valence-corrected chi connectivity index (χ0v) is 7.29. The van der Waals surface area contributed by atoms with E-state index < -0.39 is 30.9 Å². The maximum atomic E-state index is 12.6. The van der Waals surface area contributed by atoms with Crippen LogP contribution in [-0.2, 0) is 4.74 Å². The van der Waals surface area contributed by atoms with Gasteiger partial charge in [0.1, 0.15) is 0 Å². The summed E-state index contributed by atoms with van der Waals surface area (Å²) in [6.45, 7) is -0.567. The lowest BCUT2D eigenvalue weighted by atomic mass is 10.3. The molecule has 2 nitrogen and oxygen atoms in total. The molecule has 1 N–H and O–H groups in total. The Hall–Kier alpha value is -0.570. The summed E-state index contributed by atoms with van der Waals surface area (Å²) in [6.07, 6.45) is -14.1. The van der Waals surface area contributed by atoms with E-state index in [1.807, 2.05) is 0 Å². The molecule has 0 saturated carbocycles. The summed E-state index contributed by atoms with van der Waals surface area (Å²) in [5.74, 6) is -5.75. The SMILES string of the molecule is CC(O)COC(F)(C(F)(F)F)C(F)(F)F. The van der Waals surface area contributed by atoms with Crippen LogP contribution < -0.4 is 0 Å². The molecule has 92 valence electrons. The largest absolute Gasteiger partial charge is 0.458 e. The monoisotopic (exact) mass is 244 g/mol. The third-order valence-corrected chi connectivity index (χ3v) is 1.25. The normalized spacial score (nSPS) is 16.6. The van der Waals surface area contributed by atoms with Crippen molar-refractivity contribution < 1.29 is 40.6 Å². The van der Waals surface area contributed by atoms with Gasteiger partial charge in [-0.2, -0.15) is 30.7 Å². The number of hydrogen-bond donors (Lipinski definition) is 1. The van der Waals surface area contributed by atoms with Crippen LogP contribution in [0.1, 0.15) is 6.92 Å². The zero-order valence-electron chi connectivity index (χ0n) is 7.29. The lowest BCUT2D eigenvalue weighted by Gasteiger charge is -2.29. The van der Waals surface area contributed by atoms with Crippen LogP contribution in [0.25, 0.3) is 0 Å². The molecule has 0 aliphatic rings. The molecule has 0 radical (unpaired) electrons. The summed E-state index contributed by atoms with van der Waals surface area (Å²) < 4.78 is 86.1. The average molecular weight is 244 g/mol. The molecule has 0 amide bonds. The molecule has 0 aromatic carbocycles. The molecule has 0 aromatic rings. The highest BCUT2D eigenvalue weighted by atomic mass is 19.4. The Balaban J connectivity index is 4.90. The summed E-state index contributed by atoms with van der Waals surface area (Å²) in [4.78, 5) is 0. The molecule has 15 heavy (non-hydrogen) atoms. The van der Waals surface area contributed by atoms with Gasteiger partial charge in [0.05, 0.1) is 12.7 Å². The molecular formula is C6H7F7O2. The van der Waals surface area contributed by atoms with Crippen molar-refractivity contribution in [3.05, 3.63) is 0 Å². The molecule has 1 atom stereocenters. The number of halogens is 7. The van der Waals surface area contributed by atoms with Gasteiger partial charge in [-0.25, -0.2) is 0 Å². The van der Waals surface area contributed by atoms with Crippen LogP contribution in [0.15, 0.2) is 0 Å². The summed E-state index contributed by atoms with van der Waals surface area (Å²) in [5.41, 5.74) is 0. The van der Waals surface area contributed by atoms with E-state index in [9.17, 15) is 30.7 Å². The van der Waals surface area contributed by atoms with Crippen molar-refractivity contribution >= 4 is 0 Å². The molecule has 0 fully saturated rings. The second-order valence-electron chi connectivity index (χ2n) is 2.75. The van der Waals surface area contributed by atoms with Crippen molar-refractivity contribution in [3.8, 4) is 0 Å². The first-order valence-corrected chi connectivity index (χ1v) is 3.56. The van der Waals surface area contributed by atoms with Crippen molar-refractivity contribution in [3.63, 3.8) is 0 Å². The van der Waals surface area contributed by atoms with Crippen LogP contribution in [0.3, 0.4) is 0 Å². The zero-order chi connectivity index (χ0) is 12.5. The van der Waals surface area contributed by atoms with Gasteiger partial charge in [-0.1, -0.05) is 0 Å². The first-order valence-electron chi connectivity index (χ1n) is 3.56. The van der Waals surface area contributed by atoms with Crippen LogP contribution in [0, 0.1) is 0 Å². The lowest BCUT2D eigenvalue weighted by molar-refractivity contribution is -0.431. The van der Waals surface area contributed by atoms with Crippen LogP contribution in [0.4, 0.5) is 30.7 Å². The minimum Gasteiger partial charge on any atom is -0.391 e. The van der Waals surface area contributed by atoms with Gasteiger partial charge in [-0.05, 0) is 6.92 Å². The fourth-order valence-corrected chi connectivity index (χ4v) is 0.560. The van der Waals surface area contributed by atoms with Gasteiger partial charge in [0, 0.05) is 0 Å². The number of hydrogen-bond acceptors (Lipinski definition) is 2. The molecule has 0 saturated heterocycles. The number of aliphatic hydroxyl groups excluding tert-OH is 1. The second kappa shape index (κ2) is 4.12. The highest BCUT2D eigenvalue weighted by Gasteiger charge is 2.74. The third-order valence-electron chi connectivity index (χ3n) is 1.25. The van der Waals surface area contributed by atoms with E-state index in [1.54, 1.807) is 0 Å². The van der Waals surface area contributed by atoms with Gasteiger partial charge in [0.15, 0.2) is 0 Å². The van der Waals surface area contributed by atoms with Crippen molar-refractivity contribution in [1.82, 2.24) is 0 Å². The predicted octanol–water partition coefficient (Wildman–Crippen LogP) is 2.17. The fourth-order valence-electron chi connectivity index (χ4n) is 0.560. The molecular weight excluding hydrogens is 237 g/mol. The molecule has 0 heterocycles. The molecule has 0 rings (SSSR count). The number of rotatable bonds is 3. The maximum absolute atomic E-state index is 12.6. The lowest BCUT2D eigenvalue weighted by Crippen LogP contribution is -2.55. The summed E-state index contributed by atoms with van der Waals surface area (Å²) in [6, 6.07) is 0. The summed E-state index contributed by atoms with van der Waals surface area (Å²) in [5, 5.41) is 8.42. The highest BCUT2D eigenvalue weighted by molar-refractivity contribution is 4.85. The summed E-state index contributed by atoms with van der Waals surface area (Å²) >= 11 is 0. The van der Waals surface area contributed by atoms with Crippen molar-refractivity contribution in [2.75, 3.05) is 6.61 Å². The van der Waals surface area contributed by atoms with Gasteiger partial charge >= 0.3 is 18.2 Å². The topological polar surface area (TPSA) is 29.5 Å². The summed E-state index contributed by atoms with van der Waals surface area (Å²) in [7, 11) is 0. The van der Waals surface area contributed by atoms with Crippen molar-refractivity contribution in [2.45, 2.75) is 31.2 Å². The minimum atomic E-state index is -6.25. The predicted molar refractivity (Wildman–Crippen MR) is 33.6 cm³/mol. The Bertz CT molecular complexity index is 193. The number of ether oxygens (including phenoxy) is 1.